The van der Waals surface area contributed by atoms with E-state index in [9.17, 15) is 0 Å². The molecule has 10 heavy (non-hydrogen) atoms. The summed E-state index contributed by atoms with van der Waals surface area (Å²) < 4.78 is 0. The highest BCUT2D eigenvalue weighted by Crippen LogP contribution is 2.20. The molecule has 0 N–H and O–H groups in total. The smallest absolute Gasteiger partial charge is 0.0701 e. The Bertz CT molecular complexity index is 228. The number of allylic oxidation sites excluding steroid dienone is 4. The van der Waals surface area contributed by atoms with E-state index in [1.165, 1.54) is 11.1 Å². The molecule has 0 amide bonds. The van der Waals surface area contributed by atoms with E-state index in [4.69, 9.17) is 5.26 Å². The third kappa shape index (κ3) is 1.48. The van der Waals surface area contributed by atoms with Crippen LogP contribution < -0.4 is 0 Å². The Morgan fingerprint density at radius 3 is 2.80 bits per heavy atom. The van der Waals surface area contributed by atoms with Crippen molar-refractivity contribution >= 4 is 0 Å². The summed E-state index contributed by atoms with van der Waals surface area (Å²) in [6.45, 7) is 4.11. The van der Waals surface area contributed by atoms with Gasteiger partial charge in [-0.3, -0.25) is 0 Å². The van der Waals surface area contributed by atoms with Crippen LogP contribution in [0.1, 0.15) is 20.3 Å². The van der Waals surface area contributed by atoms with Gasteiger partial charge in [-0.1, -0.05) is 23.3 Å². The first-order valence-corrected chi connectivity index (χ1v) is 3.47. The minimum atomic E-state index is 0.116. The molecule has 0 aromatic rings. The molecular weight excluding hydrogens is 122 g/mol. The molecule has 1 heteroatoms. The van der Waals surface area contributed by atoms with Crippen molar-refractivity contribution in [3.63, 3.8) is 0 Å². The van der Waals surface area contributed by atoms with Crippen molar-refractivity contribution in [2.24, 2.45) is 5.92 Å². The zero-order valence-corrected chi connectivity index (χ0v) is 6.39. The summed E-state index contributed by atoms with van der Waals surface area (Å²) in [5, 5.41) is 8.60. The first kappa shape index (κ1) is 7.08. The van der Waals surface area contributed by atoms with Gasteiger partial charge in [0.2, 0.25) is 0 Å². The Morgan fingerprint density at radius 2 is 2.30 bits per heavy atom. The van der Waals surface area contributed by atoms with Gasteiger partial charge in [0.1, 0.15) is 0 Å². The van der Waals surface area contributed by atoms with E-state index in [2.05, 4.69) is 19.1 Å². The number of hydrogen-bond acceptors (Lipinski definition) is 1. The number of rotatable bonds is 0. The van der Waals surface area contributed by atoms with Gasteiger partial charge in [-0.15, -0.1) is 0 Å². The molecule has 0 radical (unpaired) electrons. The topological polar surface area (TPSA) is 23.8 Å². The van der Waals surface area contributed by atoms with Gasteiger partial charge in [0.15, 0.2) is 0 Å². The average Bonchev–Trinajstić information content (AvgIpc) is 1.85. The van der Waals surface area contributed by atoms with Crippen LogP contribution in [0.4, 0.5) is 0 Å². The molecule has 0 saturated heterocycles. The van der Waals surface area contributed by atoms with Crippen molar-refractivity contribution < 1.29 is 0 Å². The highest BCUT2D eigenvalue weighted by molar-refractivity contribution is 5.29. The van der Waals surface area contributed by atoms with E-state index in [1.54, 1.807) is 0 Å². The highest BCUT2D eigenvalue weighted by Gasteiger charge is 2.08. The fourth-order valence-corrected chi connectivity index (χ4v) is 1.30. The standard InChI is InChI=1S/C9H11N/c1-7-3-8(2)5-9(4-7)6-10/h3-4,9H,5H2,1-2H3. The van der Waals surface area contributed by atoms with Gasteiger partial charge in [-0.25, -0.2) is 0 Å². The molecule has 1 atom stereocenters. The molecule has 0 bridgehead atoms. The largest absolute Gasteiger partial charge is 0.198 e. The van der Waals surface area contributed by atoms with Gasteiger partial charge >= 0.3 is 0 Å². The first-order chi connectivity index (χ1) is 4.72. The number of hydrogen-bond donors (Lipinski definition) is 0. The van der Waals surface area contributed by atoms with Crippen molar-refractivity contribution in [2.75, 3.05) is 0 Å². The van der Waals surface area contributed by atoms with Gasteiger partial charge in [0.05, 0.1) is 12.0 Å². The second-order valence-corrected chi connectivity index (χ2v) is 2.84. The molecule has 1 rings (SSSR count). The Hall–Kier alpha value is -1.03. The summed E-state index contributed by atoms with van der Waals surface area (Å²) in [6, 6.07) is 2.25. The van der Waals surface area contributed by atoms with E-state index in [0.717, 1.165) is 6.42 Å². The van der Waals surface area contributed by atoms with E-state index >= 15 is 0 Å². The molecule has 0 saturated carbocycles. The average molecular weight is 133 g/mol. The van der Waals surface area contributed by atoms with E-state index < -0.39 is 0 Å². The number of nitriles is 1. The summed E-state index contributed by atoms with van der Waals surface area (Å²) in [6.07, 6.45) is 5.06. The highest BCUT2D eigenvalue weighted by atomic mass is 14.3. The van der Waals surface area contributed by atoms with Crippen molar-refractivity contribution in [2.45, 2.75) is 20.3 Å². The van der Waals surface area contributed by atoms with Crippen molar-refractivity contribution in [3.05, 3.63) is 23.3 Å². The van der Waals surface area contributed by atoms with Crippen molar-refractivity contribution in [1.82, 2.24) is 0 Å². The molecule has 0 fully saturated rings. The van der Waals surface area contributed by atoms with Crippen LogP contribution in [0.3, 0.4) is 0 Å². The van der Waals surface area contributed by atoms with Crippen LogP contribution in [-0.2, 0) is 0 Å². The molecule has 1 unspecified atom stereocenters. The van der Waals surface area contributed by atoms with E-state index in [0.29, 0.717) is 0 Å². The predicted molar refractivity (Wildman–Crippen MR) is 41.2 cm³/mol. The van der Waals surface area contributed by atoms with Crippen LogP contribution in [0.25, 0.3) is 0 Å². The molecule has 1 nitrogen and oxygen atoms in total. The second-order valence-electron chi connectivity index (χ2n) is 2.84. The van der Waals surface area contributed by atoms with Crippen LogP contribution in [-0.4, -0.2) is 0 Å². The van der Waals surface area contributed by atoms with E-state index in [1.807, 2.05) is 13.0 Å². The van der Waals surface area contributed by atoms with Gasteiger partial charge in [0.25, 0.3) is 0 Å². The maximum Gasteiger partial charge on any atom is 0.0701 e. The molecule has 1 aliphatic carbocycles. The Balaban J connectivity index is 2.79. The second kappa shape index (κ2) is 2.70. The van der Waals surface area contributed by atoms with Crippen LogP contribution in [0.15, 0.2) is 23.3 Å². The molecule has 1 aliphatic rings. The number of nitrogens with zero attached hydrogens (tertiary/aromatic N) is 1. The van der Waals surface area contributed by atoms with Crippen LogP contribution in [0.5, 0.6) is 0 Å². The van der Waals surface area contributed by atoms with Gasteiger partial charge < -0.3 is 0 Å². The predicted octanol–water partition coefficient (Wildman–Crippen LogP) is 2.42. The van der Waals surface area contributed by atoms with Crippen molar-refractivity contribution in [3.8, 4) is 6.07 Å². The molecule has 0 spiro atoms. The SMILES string of the molecule is CC1=CC(C#N)CC(C)=C1. The third-order valence-corrected chi connectivity index (χ3v) is 1.65. The van der Waals surface area contributed by atoms with Crippen LogP contribution in [0, 0.1) is 17.2 Å². The maximum atomic E-state index is 8.60. The summed E-state index contributed by atoms with van der Waals surface area (Å²) in [5.74, 6) is 0.116. The lowest BCUT2D eigenvalue weighted by molar-refractivity contribution is 0.787. The minimum Gasteiger partial charge on any atom is -0.198 e. The quantitative estimate of drug-likeness (QED) is 0.498. The fraction of sp³-hybridized carbons (Fsp3) is 0.444. The molecular formula is C9H11N. The summed E-state index contributed by atoms with van der Waals surface area (Å²) in [7, 11) is 0. The normalized spacial score (nSPS) is 24.7. The third-order valence-electron chi connectivity index (χ3n) is 1.65. The van der Waals surface area contributed by atoms with Gasteiger partial charge in [-0.2, -0.15) is 5.26 Å². The first-order valence-electron chi connectivity index (χ1n) is 3.47. The summed E-state index contributed by atoms with van der Waals surface area (Å²) >= 11 is 0. The molecule has 0 heterocycles. The lowest BCUT2D eigenvalue weighted by Crippen LogP contribution is -1.99. The van der Waals surface area contributed by atoms with Gasteiger partial charge in [0, 0.05) is 0 Å². The molecule has 0 aromatic heterocycles. The zero-order chi connectivity index (χ0) is 7.56. The van der Waals surface area contributed by atoms with Crippen LogP contribution in [0.2, 0.25) is 0 Å². The lowest BCUT2D eigenvalue weighted by Gasteiger charge is -2.10. The molecule has 0 aliphatic heterocycles. The summed E-state index contributed by atoms with van der Waals surface area (Å²) in [5.41, 5.74) is 2.53. The Morgan fingerprint density at radius 1 is 1.60 bits per heavy atom. The molecule has 52 valence electrons. The molecule has 0 aromatic carbocycles. The van der Waals surface area contributed by atoms with E-state index in [-0.39, 0.29) is 5.92 Å². The summed E-state index contributed by atoms with van der Waals surface area (Å²) in [4.78, 5) is 0. The van der Waals surface area contributed by atoms with Gasteiger partial charge in [-0.05, 0) is 20.3 Å². The zero-order valence-electron chi connectivity index (χ0n) is 6.39. The maximum absolute atomic E-state index is 8.60. The lowest BCUT2D eigenvalue weighted by atomic mass is 9.93. The minimum absolute atomic E-state index is 0.116. The van der Waals surface area contributed by atoms with Crippen LogP contribution >= 0.6 is 0 Å². The Labute approximate surface area is 61.7 Å². The Kier molecular flexibility index (Phi) is 1.91. The monoisotopic (exact) mass is 133 g/mol. The fourth-order valence-electron chi connectivity index (χ4n) is 1.30. The van der Waals surface area contributed by atoms with Crippen molar-refractivity contribution in [1.29, 1.82) is 5.26 Å².